The van der Waals surface area contributed by atoms with Crippen LogP contribution in [0.1, 0.15) is 11.6 Å². The zero-order valence-corrected chi connectivity index (χ0v) is 9.69. The van der Waals surface area contributed by atoms with Gasteiger partial charge in [-0.1, -0.05) is 0 Å². The van der Waals surface area contributed by atoms with Gasteiger partial charge >= 0.3 is 0 Å². The van der Waals surface area contributed by atoms with Gasteiger partial charge in [-0.2, -0.15) is 0 Å². The van der Waals surface area contributed by atoms with Gasteiger partial charge in [-0.15, -0.1) is 0 Å². The molecular weight excluding hydrogens is 210 g/mol. The highest BCUT2D eigenvalue weighted by Crippen LogP contribution is 2.41. The normalized spacial score (nSPS) is 12.1. The molecule has 3 N–H and O–H groups in total. The Hall–Kier alpha value is -1.46. The third-order valence-electron chi connectivity index (χ3n) is 2.33. The molecule has 90 valence electrons. The summed E-state index contributed by atoms with van der Waals surface area (Å²) in [4.78, 5) is 0. The second-order valence-corrected chi connectivity index (χ2v) is 3.21. The standard InChI is InChI=1S/C11H17NO4/c1-14-9-5-4-7(8(12)6-13)10(15-2)11(9)16-3/h4-5,8,13H,6,12H2,1-3H3/t8-/m1/s1. The number of aliphatic hydroxyl groups excluding tert-OH is 1. The van der Waals surface area contributed by atoms with Gasteiger partial charge in [-0.25, -0.2) is 0 Å². The molecule has 0 amide bonds. The van der Waals surface area contributed by atoms with Crippen molar-refractivity contribution in [2.24, 2.45) is 5.73 Å². The van der Waals surface area contributed by atoms with Crippen molar-refractivity contribution in [3.05, 3.63) is 17.7 Å². The van der Waals surface area contributed by atoms with Crippen LogP contribution in [0.5, 0.6) is 17.2 Å². The molecule has 16 heavy (non-hydrogen) atoms. The van der Waals surface area contributed by atoms with Crippen molar-refractivity contribution >= 4 is 0 Å². The molecule has 1 rings (SSSR count). The molecule has 0 aliphatic heterocycles. The smallest absolute Gasteiger partial charge is 0.203 e. The van der Waals surface area contributed by atoms with Crippen molar-refractivity contribution in [1.82, 2.24) is 0 Å². The van der Waals surface area contributed by atoms with Gasteiger partial charge in [0.2, 0.25) is 5.75 Å². The van der Waals surface area contributed by atoms with E-state index in [4.69, 9.17) is 25.1 Å². The van der Waals surface area contributed by atoms with Gasteiger partial charge < -0.3 is 25.1 Å². The van der Waals surface area contributed by atoms with Crippen LogP contribution in [0.4, 0.5) is 0 Å². The average molecular weight is 227 g/mol. The van der Waals surface area contributed by atoms with E-state index >= 15 is 0 Å². The van der Waals surface area contributed by atoms with Gasteiger partial charge in [0.25, 0.3) is 0 Å². The second-order valence-electron chi connectivity index (χ2n) is 3.21. The van der Waals surface area contributed by atoms with E-state index < -0.39 is 6.04 Å². The molecule has 1 aromatic rings. The van der Waals surface area contributed by atoms with Crippen molar-refractivity contribution in [2.75, 3.05) is 27.9 Å². The number of nitrogens with two attached hydrogens (primary N) is 1. The summed E-state index contributed by atoms with van der Waals surface area (Å²) >= 11 is 0. The van der Waals surface area contributed by atoms with E-state index in [2.05, 4.69) is 0 Å². The predicted molar refractivity (Wildman–Crippen MR) is 60.1 cm³/mol. The van der Waals surface area contributed by atoms with Gasteiger partial charge in [-0.05, 0) is 12.1 Å². The highest BCUT2D eigenvalue weighted by molar-refractivity contribution is 5.56. The number of hydrogen-bond acceptors (Lipinski definition) is 5. The minimum absolute atomic E-state index is 0.161. The summed E-state index contributed by atoms with van der Waals surface area (Å²) in [7, 11) is 4.59. The molecule has 0 heterocycles. The van der Waals surface area contributed by atoms with Crippen molar-refractivity contribution < 1.29 is 19.3 Å². The summed E-state index contributed by atoms with van der Waals surface area (Å²) in [5.74, 6) is 1.53. The number of benzene rings is 1. The first kappa shape index (κ1) is 12.6. The number of methoxy groups -OCH3 is 3. The first-order chi connectivity index (χ1) is 7.69. The maximum atomic E-state index is 9.05. The lowest BCUT2D eigenvalue weighted by Crippen LogP contribution is -2.16. The van der Waals surface area contributed by atoms with Crippen LogP contribution in [0.15, 0.2) is 12.1 Å². The molecule has 0 bridgehead atoms. The van der Waals surface area contributed by atoms with Gasteiger partial charge in [0.15, 0.2) is 11.5 Å². The highest BCUT2D eigenvalue weighted by atomic mass is 16.5. The zero-order chi connectivity index (χ0) is 12.1. The Morgan fingerprint density at radius 1 is 1.12 bits per heavy atom. The summed E-state index contributed by atoms with van der Waals surface area (Å²) in [6.45, 7) is -0.161. The van der Waals surface area contributed by atoms with Crippen molar-refractivity contribution in [1.29, 1.82) is 0 Å². The van der Waals surface area contributed by atoms with Crippen LogP contribution < -0.4 is 19.9 Å². The monoisotopic (exact) mass is 227 g/mol. The van der Waals surface area contributed by atoms with Crippen molar-refractivity contribution in [3.63, 3.8) is 0 Å². The number of aliphatic hydroxyl groups is 1. The molecule has 0 aromatic heterocycles. The number of ether oxygens (including phenoxy) is 3. The minimum Gasteiger partial charge on any atom is -0.493 e. The molecular formula is C11H17NO4. The molecule has 5 nitrogen and oxygen atoms in total. The fourth-order valence-electron chi connectivity index (χ4n) is 1.51. The largest absolute Gasteiger partial charge is 0.493 e. The minimum atomic E-state index is -0.505. The third kappa shape index (κ3) is 2.20. The van der Waals surface area contributed by atoms with Gasteiger partial charge in [0.1, 0.15) is 0 Å². The Balaban J connectivity index is 3.31. The fraction of sp³-hybridized carbons (Fsp3) is 0.455. The lowest BCUT2D eigenvalue weighted by molar-refractivity contribution is 0.262. The highest BCUT2D eigenvalue weighted by Gasteiger charge is 2.19. The van der Waals surface area contributed by atoms with Crippen LogP contribution in [0.2, 0.25) is 0 Å². The van der Waals surface area contributed by atoms with E-state index in [0.29, 0.717) is 22.8 Å². The van der Waals surface area contributed by atoms with Crippen LogP contribution in [0.3, 0.4) is 0 Å². The van der Waals surface area contributed by atoms with Crippen LogP contribution in [0, 0.1) is 0 Å². The number of hydrogen-bond donors (Lipinski definition) is 2. The molecule has 1 atom stereocenters. The first-order valence-electron chi connectivity index (χ1n) is 4.84. The third-order valence-corrected chi connectivity index (χ3v) is 2.33. The molecule has 1 aromatic carbocycles. The summed E-state index contributed by atoms with van der Waals surface area (Å²) in [6, 6.07) is 2.97. The molecule has 0 aliphatic carbocycles. The molecule has 5 heteroatoms. The lowest BCUT2D eigenvalue weighted by Gasteiger charge is -2.18. The Morgan fingerprint density at radius 3 is 2.19 bits per heavy atom. The van der Waals surface area contributed by atoms with E-state index in [0.717, 1.165) is 0 Å². The fourth-order valence-corrected chi connectivity index (χ4v) is 1.51. The summed E-state index contributed by atoms with van der Waals surface area (Å²) in [5, 5.41) is 9.05. The first-order valence-corrected chi connectivity index (χ1v) is 4.84. The van der Waals surface area contributed by atoms with Gasteiger partial charge in [0, 0.05) is 5.56 Å². The maximum Gasteiger partial charge on any atom is 0.203 e. The van der Waals surface area contributed by atoms with E-state index in [9.17, 15) is 0 Å². The predicted octanol–water partition coefficient (Wildman–Crippen LogP) is 0.705. The Kier molecular flexibility index (Phi) is 4.39. The Morgan fingerprint density at radius 2 is 1.75 bits per heavy atom. The SMILES string of the molecule is COc1ccc([C@H](N)CO)c(OC)c1OC. The van der Waals surface area contributed by atoms with E-state index in [1.54, 1.807) is 19.2 Å². The van der Waals surface area contributed by atoms with E-state index in [1.165, 1.54) is 14.2 Å². The van der Waals surface area contributed by atoms with E-state index in [1.807, 2.05) is 0 Å². The van der Waals surface area contributed by atoms with Crippen molar-refractivity contribution in [3.8, 4) is 17.2 Å². The molecule has 0 unspecified atom stereocenters. The summed E-state index contributed by atoms with van der Waals surface area (Å²) < 4.78 is 15.6. The van der Waals surface area contributed by atoms with Crippen LogP contribution in [0.25, 0.3) is 0 Å². The molecule has 0 aliphatic rings. The summed E-state index contributed by atoms with van der Waals surface area (Å²) in [5.41, 5.74) is 6.44. The summed E-state index contributed by atoms with van der Waals surface area (Å²) in [6.07, 6.45) is 0. The van der Waals surface area contributed by atoms with Gasteiger partial charge in [-0.3, -0.25) is 0 Å². The van der Waals surface area contributed by atoms with Crippen molar-refractivity contribution in [2.45, 2.75) is 6.04 Å². The van der Waals surface area contributed by atoms with Crippen LogP contribution in [-0.2, 0) is 0 Å². The van der Waals surface area contributed by atoms with Crippen LogP contribution in [-0.4, -0.2) is 33.0 Å². The number of rotatable bonds is 5. The molecule has 0 fully saturated rings. The topological polar surface area (TPSA) is 73.9 Å². The maximum absolute atomic E-state index is 9.05. The average Bonchev–Trinajstić information content (AvgIpc) is 2.35. The molecule has 0 spiro atoms. The molecule has 0 saturated carbocycles. The van der Waals surface area contributed by atoms with Gasteiger partial charge in [0.05, 0.1) is 34.0 Å². The van der Waals surface area contributed by atoms with Crippen LogP contribution >= 0.6 is 0 Å². The molecule has 0 radical (unpaired) electrons. The lowest BCUT2D eigenvalue weighted by atomic mass is 10.1. The quantitative estimate of drug-likeness (QED) is 0.774. The zero-order valence-electron chi connectivity index (χ0n) is 9.69. The van der Waals surface area contributed by atoms with E-state index in [-0.39, 0.29) is 6.61 Å². The Bertz CT molecular complexity index is 354. The second kappa shape index (κ2) is 5.58. The molecule has 0 saturated heterocycles. The Labute approximate surface area is 94.7 Å².